The number of H-pyrrole nitrogens is 1. The molecule has 3 aromatic rings. The van der Waals surface area contributed by atoms with Crippen LogP contribution in [-0.4, -0.2) is 20.3 Å². The number of carbonyl (C=O) groups is 1. The van der Waals surface area contributed by atoms with E-state index in [0.717, 1.165) is 11.1 Å². The molecule has 160 valence electrons. The Labute approximate surface area is 180 Å². The number of allylic oxidation sites excluding steroid dienone is 1. The fourth-order valence-corrected chi connectivity index (χ4v) is 3.66. The van der Waals surface area contributed by atoms with Gasteiger partial charge in [0.05, 0.1) is 6.54 Å². The predicted molar refractivity (Wildman–Crippen MR) is 122 cm³/mol. The van der Waals surface area contributed by atoms with Crippen LogP contribution in [0.4, 0.5) is 5.82 Å². The van der Waals surface area contributed by atoms with E-state index in [-0.39, 0.29) is 29.5 Å². The summed E-state index contributed by atoms with van der Waals surface area (Å²) in [6.07, 6.45) is 5.33. The summed E-state index contributed by atoms with van der Waals surface area (Å²) in [5.41, 5.74) is 7.85. The second kappa shape index (κ2) is 8.95. The zero-order valence-corrected chi connectivity index (χ0v) is 18.1. The Bertz CT molecular complexity index is 1280. The Hall–Kier alpha value is -3.74. The number of nitrogens with one attached hydrogen (secondary N) is 1. The number of anilines is 1. The summed E-state index contributed by atoms with van der Waals surface area (Å²) in [5, 5.41) is 0. The molecule has 0 aliphatic rings. The van der Waals surface area contributed by atoms with Gasteiger partial charge in [0.15, 0.2) is 0 Å². The number of aromatic nitrogens is 3. The molecular weight excluding hydrogens is 392 g/mol. The lowest BCUT2D eigenvalue weighted by atomic mass is 9.95. The van der Waals surface area contributed by atoms with Crippen molar-refractivity contribution in [2.45, 2.75) is 40.2 Å². The van der Waals surface area contributed by atoms with E-state index in [1.807, 2.05) is 45.9 Å². The number of benzene rings is 1. The van der Waals surface area contributed by atoms with E-state index in [2.05, 4.69) is 9.97 Å². The van der Waals surface area contributed by atoms with Crippen molar-refractivity contribution < 1.29 is 4.79 Å². The molecule has 0 aliphatic carbocycles. The smallest absolute Gasteiger partial charge is 0.329 e. The Morgan fingerprint density at radius 1 is 1.23 bits per heavy atom. The topological polar surface area (TPSA) is 111 Å². The van der Waals surface area contributed by atoms with Gasteiger partial charge in [-0.1, -0.05) is 32.1 Å². The van der Waals surface area contributed by atoms with Crippen LogP contribution in [0.2, 0.25) is 0 Å². The molecule has 7 nitrogen and oxygen atoms in total. The minimum absolute atomic E-state index is 0.0800. The number of pyridine rings is 1. The largest absolute Gasteiger partial charge is 0.384 e. The van der Waals surface area contributed by atoms with Crippen molar-refractivity contribution in [2.24, 2.45) is 0 Å². The van der Waals surface area contributed by atoms with Gasteiger partial charge in [-0.15, -0.1) is 0 Å². The van der Waals surface area contributed by atoms with Crippen molar-refractivity contribution in [1.82, 2.24) is 14.5 Å². The maximum atomic E-state index is 13.7. The molecule has 1 aromatic carbocycles. The molecule has 0 saturated carbocycles. The molecule has 0 aliphatic heterocycles. The van der Waals surface area contributed by atoms with Crippen LogP contribution in [0.1, 0.15) is 65.0 Å². The third-order valence-electron chi connectivity index (χ3n) is 4.93. The fourth-order valence-electron chi connectivity index (χ4n) is 3.66. The van der Waals surface area contributed by atoms with Gasteiger partial charge < -0.3 is 5.73 Å². The van der Waals surface area contributed by atoms with Crippen LogP contribution in [0.5, 0.6) is 0 Å². The summed E-state index contributed by atoms with van der Waals surface area (Å²) in [6, 6.07) is 8.84. The lowest BCUT2D eigenvalue weighted by Gasteiger charge is -2.18. The molecule has 2 heterocycles. The van der Waals surface area contributed by atoms with Crippen molar-refractivity contribution in [1.29, 1.82) is 0 Å². The number of nitrogens with zero attached hydrogens (tertiary/aromatic N) is 2. The molecule has 0 amide bonds. The van der Waals surface area contributed by atoms with Crippen molar-refractivity contribution in [3.05, 3.63) is 97.0 Å². The van der Waals surface area contributed by atoms with Gasteiger partial charge in [-0.2, -0.15) is 0 Å². The van der Waals surface area contributed by atoms with E-state index < -0.39 is 11.2 Å². The number of aryl methyl sites for hydroxylation is 1. The quantitative estimate of drug-likeness (QED) is 0.597. The Morgan fingerprint density at radius 2 is 1.97 bits per heavy atom. The third-order valence-corrected chi connectivity index (χ3v) is 4.93. The predicted octanol–water partition coefficient (Wildman–Crippen LogP) is 3.26. The van der Waals surface area contributed by atoms with Crippen molar-refractivity contribution in [3.63, 3.8) is 0 Å². The van der Waals surface area contributed by atoms with Crippen LogP contribution < -0.4 is 17.0 Å². The summed E-state index contributed by atoms with van der Waals surface area (Å²) in [7, 11) is 0. The molecule has 0 unspecified atom stereocenters. The highest BCUT2D eigenvalue weighted by atomic mass is 16.2. The summed E-state index contributed by atoms with van der Waals surface area (Å²) in [4.78, 5) is 45.5. The second-order valence-electron chi connectivity index (χ2n) is 7.81. The minimum atomic E-state index is -0.644. The number of aromatic amines is 1. The van der Waals surface area contributed by atoms with Crippen LogP contribution in [0.15, 0.2) is 52.2 Å². The molecule has 0 atom stereocenters. The maximum absolute atomic E-state index is 13.7. The first-order valence-electron chi connectivity index (χ1n) is 10.1. The highest BCUT2D eigenvalue weighted by molar-refractivity contribution is 6.09. The summed E-state index contributed by atoms with van der Waals surface area (Å²) < 4.78 is 1.31. The lowest BCUT2D eigenvalue weighted by molar-refractivity contribution is 0.102. The first kappa shape index (κ1) is 22.0. The van der Waals surface area contributed by atoms with Gasteiger partial charge in [-0.3, -0.25) is 19.1 Å². The standard InChI is InChI=1S/C24H26N4O3/c1-5-6-16-9-15(4)10-18(11-16)22(29)21-20(14(2)3)23(30)27-24(31)28(21)13-17-7-8-26-19(25)12-17/h5-12,14H,13H2,1-4H3,(H2,25,26)(H,27,30,31). The molecule has 3 N–H and O–H groups in total. The number of ketones is 1. The van der Waals surface area contributed by atoms with E-state index >= 15 is 0 Å². The average Bonchev–Trinajstić information content (AvgIpc) is 2.68. The monoisotopic (exact) mass is 418 g/mol. The van der Waals surface area contributed by atoms with Crippen LogP contribution >= 0.6 is 0 Å². The Morgan fingerprint density at radius 3 is 2.61 bits per heavy atom. The highest BCUT2D eigenvalue weighted by Gasteiger charge is 2.25. The summed E-state index contributed by atoms with van der Waals surface area (Å²) >= 11 is 0. The second-order valence-corrected chi connectivity index (χ2v) is 7.81. The summed E-state index contributed by atoms with van der Waals surface area (Å²) in [5.74, 6) is -0.332. The van der Waals surface area contributed by atoms with Gasteiger partial charge in [-0.05, 0) is 60.7 Å². The van der Waals surface area contributed by atoms with Crippen molar-refractivity contribution >= 4 is 17.7 Å². The van der Waals surface area contributed by atoms with Crippen LogP contribution in [0.3, 0.4) is 0 Å². The van der Waals surface area contributed by atoms with E-state index in [0.29, 0.717) is 16.9 Å². The fraction of sp³-hybridized carbons (Fsp3) is 0.250. The van der Waals surface area contributed by atoms with E-state index in [1.165, 1.54) is 10.8 Å². The Balaban J connectivity index is 2.28. The highest BCUT2D eigenvalue weighted by Crippen LogP contribution is 2.21. The first-order chi connectivity index (χ1) is 14.7. The van der Waals surface area contributed by atoms with Crippen LogP contribution in [0, 0.1) is 6.92 Å². The number of nitrogen functional groups attached to an aromatic ring is 1. The zero-order valence-electron chi connectivity index (χ0n) is 18.1. The molecule has 0 bridgehead atoms. The average molecular weight is 418 g/mol. The normalized spacial score (nSPS) is 11.4. The van der Waals surface area contributed by atoms with Gasteiger partial charge in [0, 0.05) is 17.3 Å². The number of carbonyl (C=O) groups excluding carboxylic acids is 1. The Kier molecular flexibility index (Phi) is 6.34. The van der Waals surface area contributed by atoms with E-state index in [1.54, 1.807) is 24.3 Å². The van der Waals surface area contributed by atoms with E-state index in [9.17, 15) is 14.4 Å². The van der Waals surface area contributed by atoms with Crippen molar-refractivity contribution in [3.8, 4) is 0 Å². The molecule has 0 spiro atoms. The molecule has 0 radical (unpaired) electrons. The minimum Gasteiger partial charge on any atom is -0.384 e. The first-order valence-corrected chi connectivity index (χ1v) is 10.1. The maximum Gasteiger partial charge on any atom is 0.329 e. The number of hydrogen-bond donors (Lipinski definition) is 2. The lowest BCUT2D eigenvalue weighted by Crippen LogP contribution is -2.38. The van der Waals surface area contributed by atoms with Gasteiger partial charge in [-0.25, -0.2) is 9.78 Å². The molecule has 0 saturated heterocycles. The SMILES string of the molecule is CC=Cc1cc(C)cc(C(=O)c2c(C(C)C)c(=O)[nH]c(=O)n2Cc2ccnc(N)c2)c1. The molecule has 0 fully saturated rings. The molecule has 2 aromatic heterocycles. The molecule has 3 rings (SSSR count). The van der Waals surface area contributed by atoms with Gasteiger partial charge >= 0.3 is 5.69 Å². The molecular formula is C24H26N4O3. The van der Waals surface area contributed by atoms with E-state index in [4.69, 9.17) is 5.73 Å². The van der Waals surface area contributed by atoms with Gasteiger partial charge in [0.1, 0.15) is 11.5 Å². The van der Waals surface area contributed by atoms with Crippen molar-refractivity contribution in [2.75, 3.05) is 5.73 Å². The molecule has 7 heteroatoms. The van der Waals surface area contributed by atoms with Gasteiger partial charge in [0.25, 0.3) is 5.56 Å². The molecule has 31 heavy (non-hydrogen) atoms. The summed E-state index contributed by atoms with van der Waals surface area (Å²) in [6.45, 7) is 7.52. The number of hydrogen-bond acceptors (Lipinski definition) is 5. The zero-order chi connectivity index (χ0) is 22.7. The number of rotatable bonds is 6. The number of nitrogens with two attached hydrogens (primary N) is 1. The van der Waals surface area contributed by atoms with Crippen LogP contribution in [0.25, 0.3) is 6.08 Å². The van der Waals surface area contributed by atoms with Crippen LogP contribution in [-0.2, 0) is 6.54 Å². The van der Waals surface area contributed by atoms with Gasteiger partial charge in [0.2, 0.25) is 5.78 Å². The third kappa shape index (κ3) is 4.71.